The van der Waals surface area contributed by atoms with Gasteiger partial charge in [0, 0.05) is 49.4 Å². The van der Waals surface area contributed by atoms with Crippen molar-refractivity contribution in [2.75, 3.05) is 18.0 Å². The van der Waals surface area contributed by atoms with Crippen LogP contribution in [0.3, 0.4) is 0 Å². The van der Waals surface area contributed by atoms with Crippen LogP contribution in [0.2, 0.25) is 0 Å². The fourth-order valence-corrected chi connectivity index (χ4v) is 3.70. The minimum Gasteiger partial charge on any atom is -0.371 e. The Bertz CT molecular complexity index is 924. The van der Waals surface area contributed by atoms with Gasteiger partial charge in [-0.2, -0.15) is 23.4 Å². The number of pyridine rings is 1. The van der Waals surface area contributed by atoms with Crippen molar-refractivity contribution in [1.82, 2.24) is 20.1 Å². The van der Waals surface area contributed by atoms with Crippen LogP contribution in [0.25, 0.3) is 0 Å². The summed E-state index contributed by atoms with van der Waals surface area (Å²) in [5.41, 5.74) is 3.47. The second kappa shape index (κ2) is 6.72. The number of hydrogen-bond donors (Lipinski definition) is 0. The first-order valence-corrected chi connectivity index (χ1v) is 9.10. The van der Waals surface area contributed by atoms with Crippen molar-refractivity contribution >= 4 is 11.6 Å². The molecular formula is C19H20F3N5O. The average molecular weight is 391 g/mol. The predicted octanol–water partition coefficient (Wildman–Crippen LogP) is 2.88. The second-order valence-electron chi connectivity index (χ2n) is 7.46. The maximum atomic E-state index is 12.8. The SMILES string of the molecule is Cc1nnc2c(c1C)CN(C(=O)CC1CN(c3ccnc(C(F)(F)F)c3)C1)C2. The number of aryl methyl sites for hydroxylation is 1. The number of halogens is 3. The molecule has 0 atom stereocenters. The van der Waals surface area contributed by atoms with E-state index < -0.39 is 11.9 Å². The monoisotopic (exact) mass is 391 g/mol. The Morgan fingerprint density at radius 2 is 1.96 bits per heavy atom. The lowest BCUT2D eigenvalue weighted by Crippen LogP contribution is -2.48. The lowest BCUT2D eigenvalue weighted by Gasteiger charge is -2.41. The first-order valence-electron chi connectivity index (χ1n) is 9.10. The van der Waals surface area contributed by atoms with Gasteiger partial charge in [-0.25, -0.2) is 0 Å². The van der Waals surface area contributed by atoms with Crippen LogP contribution < -0.4 is 4.90 Å². The number of carbonyl (C=O) groups is 1. The maximum Gasteiger partial charge on any atom is 0.433 e. The highest BCUT2D eigenvalue weighted by atomic mass is 19.4. The summed E-state index contributed by atoms with van der Waals surface area (Å²) in [6, 6.07) is 2.62. The molecule has 2 aromatic heterocycles. The molecule has 0 saturated carbocycles. The van der Waals surface area contributed by atoms with Crippen LogP contribution >= 0.6 is 0 Å². The van der Waals surface area contributed by atoms with Crippen molar-refractivity contribution in [3.05, 3.63) is 46.5 Å². The standard InChI is InChI=1S/C19H20F3N5O/c1-11-12(2)24-25-16-10-27(9-15(11)16)18(28)5-13-7-26(8-13)14-3-4-23-17(6-14)19(20,21)22/h3-4,6,13H,5,7-10H2,1-2H3. The van der Waals surface area contributed by atoms with E-state index in [0.29, 0.717) is 38.3 Å². The van der Waals surface area contributed by atoms with Gasteiger partial charge in [0.2, 0.25) is 5.91 Å². The zero-order valence-electron chi connectivity index (χ0n) is 15.6. The minimum absolute atomic E-state index is 0.0467. The minimum atomic E-state index is -4.46. The van der Waals surface area contributed by atoms with E-state index in [1.807, 2.05) is 18.7 Å². The molecule has 0 N–H and O–H groups in total. The van der Waals surface area contributed by atoms with Gasteiger partial charge in [0.05, 0.1) is 17.9 Å². The third-order valence-corrected chi connectivity index (χ3v) is 5.53. The van der Waals surface area contributed by atoms with E-state index in [1.54, 1.807) is 11.0 Å². The van der Waals surface area contributed by atoms with Crippen molar-refractivity contribution in [3.63, 3.8) is 0 Å². The summed E-state index contributed by atoms with van der Waals surface area (Å²) in [6.07, 6.45) is -2.91. The van der Waals surface area contributed by atoms with Crippen molar-refractivity contribution < 1.29 is 18.0 Å². The molecule has 2 aromatic rings. The number of aromatic nitrogens is 3. The van der Waals surface area contributed by atoms with E-state index in [2.05, 4.69) is 15.2 Å². The number of amides is 1. The Morgan fingerprint density at radius 3 is 2.68 bits per heavy atom. The highest BCUT2D eigenvalue weighted by Gasteiger charge is 2.36. The average Bonchev–Trinajstić information content (AvgIpc) is 3.05. The molecule has 0 spiro atoms. The van der Waals surface area contributed by atoms with Crippen molar-refractivity contribution in [2.45, 2.75) is 39.5 Å². The normalized spacial score (nSPS) is 16.9. The summed E-state index contributed by atoms with van der Waals surface area (Å²) in [6.45, 7) is 6.03. The number of rotatable bonds is 3. The molecule has 1 fully saturated rings. The zero-order chi connectivity index (χ0) is 20.1. The third-order valence-electron chi connectivity index (χ3n) is 5.53. The Kier molecular flexibility index (Phi) is 4.47. The number of anilines is 1. The van der Waals surface area contributed by atoms with Crippen molar-refractivity contribution in [1.29, 1.82) is 0 Å². The van der Waals surface area contributed by atoms with Crippen LogP contribution in [0.5, 0.6) is 0 Å². The molecule has 0 unspecified atom stereocenters. The summed E-state index contributed by atoms with van der Waals surface area (Å²) in [5.74, 6) is 0.179. The van der Waals surface area contributed by atoms with E-state index in [1.165, 1.54) is 6.20 Å². The molecule has 0 aliphatic carbocycles. The highest BCUT2D eigenvalue weighted by molar-refractivity contribution is 5.77. The van der Waals surface area contributed by atoms with Gasteiger partial charge in [0.1, 0.15) is 5.69 Å². The number of carbonyl (C=O) groups excluding carboxylic acids is 1. The number of fused-ring (bicyclic) bond motifs is 1. The Morgan fingerprint density at radius 1 is 1.21 bits per heavy atom. The molecule has 0 aromatic carbocycles. The Hall–Kier alpha value is -2.71. The number of alkyl halides is 3. The van der Waals surface area contributed by atoms with Gasteiger partial charge in [0.15, 0.2) is 0 Å². The van der Waals surface area contributed by atoms with Crippen LogP contribution in [0, 0.1) is 19.8 Å². The van der Waals surface area contributed by atoms with Crippen molar-refractivity contribution in [2.24, 2.45) is 5.92 Å². The van der Waals surface area contributed by atoms with Gasteiger partial charge in [-0.1, -0.05) is 0 Å². The van der Waals surface area contributed by atoms with Gasteiger partial charge >= 0.3 is 6.18 Å². The number of hydrogen-bond acceptors (Lipinski definition) is 5. The molecule has 28 heavy (non-hydrogen) atoms. The second-order valence-corrected chi connectivity index (χ2v) is 7.46. The Labute approximate surface area is 160 Å². The van der Waals surface area contributed by atoms with Gasteiger partial charge in [-0.15, -0.1) is 0 Å². The smallest absolute Gasteiger partial charge is 0.371 e. The largest absolute Gasteiger partial charge is 0.433 e. The molecule has 2 aliphatic rings. The molecule has 0 bridgehead atoms. The van der Waals surface area contributed by atoms with Gasteiger partial charge in [-0.05, 0) is 31.5 Å². The van der Waals surface area contributed by atoms with E-state index >= 15 is 0 Å². The van der Waals surface area contributed by atoms with Crippen LogP contribution in [0.1, 0.15) is 34.6 Å². The summed E-state index contributed by atoms with van der Waals surface area (Å²) < 4.78 is 38.4. The van der Waals surface area contributed by atoms with E-state index in [0.717, 1.165) is 28.6 Å². The first-order chi connectivity index (χ1) is 13.2. The summed E-state index contributed by atoms with van der Waals surface area (Å²) >= 11 is 0. The zero-order valence-corrected chi connectivity index (χ0v) is 15.6. The van der Waals surface area contributed by atoms with E-state index in [9.17, 15) is 18.0 Å². The van der Waals surface area contributed by atoms with Crippen LogP contribution in [0.15, 0.2) is 18.3 Å². The van der Waals surface area contributed by atoms with E-state index in [-0.39, 0.29) is 11.8 Å². The lowest BCUT2D eigenvalue weighted by atomic mass is 9.95. The molecular weight excluding hydrogens is 371 g/mol. The third kappa shape index (κ3) is 3.41. The summed E-state index contributed by atoms with van der Waals surface area (Å²) in [4.78, 5) is 19.6. The summed E-state index contributed by atoms with van der Waals surface area (Å²) in [5, 5.41) is 8.32. The molecule has 148 valence electrons. The van der Waals surface area contributed by atoms with E-state index in [4.69, 9.17) is 0 Å². The van der Waals surface area contributed by atoms with Gasteiger partial charge in [-0.3, -0.25) is 9.78 Å². The predicted molar refractivity (Wildman–Crippen MR) is 95.3 cm³/mol. The molecule has 2 aliphatic heterocycles. The molecule has 6 nitrogen and oxygen atoms in total. The van der Waals surface area contributed by atoms with Gasteiger partial charge < -0.3 is 9.80 Å². The quantitative estimate of drug-likeness (QED) is 0.805. The maximum absolute atomic E-state index is 12.8. The van der Waals surface area contributed by atoms with Crippen LogP contribution in [0.4, 0.5) is 18.9 Å². The topological polar surface area (TPSA) is 62.2 Å². The van der Waals surface area contributed by atoms with Gasteiger partial charge in [0.25, 0.3) is 0 Å². The Balaban J connectivity index is 1.33. The molecule has 4 heterocycles. The highest BCUT2D eigenvalue weighted by Crippen LogP contribution is 2.33. The van der Waals surface area contributed by atoms with Crippen LogP contribution in [-0.2, 0) is 24.1 Å². The fourth-order valence-electron chi connectivity index (χ4n) is 3.70. The van der Waals surface area contributed by atoms with Crippen LogP contribution in [-0.4, -0.2) is 39.1 Å². The molecule has 1 saturated heterocycles. The lowest BCUT2D eigenvalue weighted by molar-refractivity contribution is -0.141. The molecule has 1 amide bonds. The molecule has 4 rings (SSSR count). The fraction of sp³-hybridized carbons (Fsp3) is 0.474. The first kappa shape index (κ1) is 18.6. The number of nitrogens with zero attached hydrogens (tertiary/aromatic N) is 5. The van der Waals surface area contributed by atoms with Crippen molar-refractivity contribution in [3.8, 4) is 0 Å². The molecule has 0 radical (unpaired) electrons. The summed E-state index contributed by atoms with van der Waals surface area (Å²) in [7, 11) is 0. The molecule has 9 heteroatoms.